The molecule has 72 valence electrons. The number of ether oxygens (including phenoxy) is 1. The zero-order valence-corrected chi connectivity index (χ0v) is 7.73. The molecule has 1 aromatic heterocycles. The highest BCUT2D eigenvalue weighted by Crippen LogP contribution is 1.92. The molecule has 0 bridgehead atoms. The first-order valence-electron chi connectivity index (χ1n) is 4.09. The fourth-order valence-electron chi connectivity index (χ4n) is 0.847. The molecule has 0 aliphatic heterocycles. The van der Waals surface area contributed by atoms with E-state index >= 15 is 0 Å². The van der Waals surface area contributed by atoms with Crippen molar-refractivity contribution in [3.63, 3.8) is 0 Å². The smallest absolute Gasteiger partial charge is 0.329 e. The molecule has 6 nitrogen and oxygen atoms in total. The van der Waals surface area contributed by atoms with Gasteiger partial charge in [0.25, 0.3) is 0 Å². The molecule has 0 spiro atoms. The number of carbonyl (C=O) groups excluding carboxylic acids is 1. The molecule has 0 atom stereocenters. The van der Waals surface area contributed by atoms with E-state index in [1.165, 1.54) is 11.9 Å². The Labute approximate surface area is 75.9 Å². The molecule has 0 aliphatic rings. The van der Waals surface area contributed by atoms with Crippen LogP contribution in [-0.4, -0.2) is 33.3 Å². The van der Waals surface area contributed by atoms with E-state index in [-0.39, 0.29) is 12.5 Å². The second kappa shape index (κ2) is 4.54. The molecular formula is C7H12N4O2. The van der Waals surface area contributed by atoms with Gasteiger partial charge < -0.3 is 4.74 Å². The lowest BCUT2D eigenvalue weighted by Gasteiger charge is -1.95. The zero-order chi connectivity index (χ0) is 9.68. The third kappa shape index (κ3) is 2.81. The van der Waals surface area contributed by atoms with Crippen LogP contribution >= 0.6 is 0 Å². The average molecular weight is 184 g/mol. The topological polar surface area (TPSA) is 69.9 Å². The maximum atomic E-state index is 10.8. The van der Waals surface area contributed by atoms with Crippen LogP contribution in [0.5, 0.6) is 0 Å². The van der Waals surface area contributed by atoms with Gasteiger partial charge in [0.1, 0.15) is 0 Å². The van der Waals surface area contributed by atoms with E-state index in [1.54, 1.807) is 0 Å². The lowest BCUT2D eigenvalue weighted by atomic mass is 10.3. The van der Waals surface area contributed by atoms with Crippen molar-refractivity contribution in [3.8, 4) is 0 Å². The number of aromatic nitrogens is 4. The monoisotopic (exact) mass is 184 g/mol. The SMILES string of the molecule is CCCc1nnn(CC(=O)OC)n1. The highest BCUT2D eigenvalue weighted by Gasteiger charge is 2.05. The van der Waals surface area contributed by atoms with Crippen molar-refractivity contribution < 1.29 is 9.53 Å². The molecule has 0 saturated carbocycles. The Morgan fingerprint density at radius 3 is 3.00 bits per heavy atom. The number of methoxy groups -OCH3 is 1. The van der Waals surface area contributed by atoms with Gasteiger partial charge in [-0.2, -0.15) is 4.80 Å². The summed E-state index contributed by atoms with van der Waals surface area (Å²) in [4.78, 5) is 12.0. The molecule has 0 saturated heterocycles. The van der Waals surface area contributed by atoms with Gasteiger partial charge in [0.2, 0.25) is 0 Å². The van der Waals surface area contributed by atoms with Crippen LogP contribution in [0.25, 0.3) is 0 Å². The summed E-state index contributed by atoms with van der Waals surface area (Å²) in [7, 11) is 1.33. The Morgan fingerprint density at radius 2 is 2.38 bits per heavy atom. The molecule has 0 aromatic carbocycles. The van der Waals surface area contributed by atoms with E-state index in [2.05, 4.69) is 20.1 Å². The van der Waals surface area contributed by atoms with Crippen LogP contribution in [0.4, 0.5) is 0 Å². The molecule has 0 radical (unpaired) electrons. The summed E-state index contributed by atoms with van der Waals surface area (Å²) in [6.45, 7) is 2.05. The van der Waals surface area contributed by atoms with E-state index in [0.717, 1.165) is 12.8 Å². The third-order valence-electron chi connectivity index (χ3n) is 1.47. The van der Waals surface area contributed by atoms with Gasteiger partial charge in [-0.25, -0.2) is 4.79 Å². The Hall–Kier alpha value is -1.46. The van der Waals surface area contributed by atoms with Crippen molar-refractivity contribution in [2.24, 2.45) is 0 Å². The van der Waals surface area contributed by atoms with Gasteiger partial charge in [-0.3, -0.25) is 0 Å². The van der Waals surface area contributed by atoms with Crippen molar-refractivity contribution in [3.05, 3.63) is 5.82 Å². The Morgan fingerprint density at radius 1 is 1.62 bits per heavy atom. The largest absolute Gasteiger partial charge is 0.468 e. The second-order valence-electron chi connectivity index (χ2n) is 2.56. The van der Waals surface area contributed by atoms with Crippen LogP contribution in [0.15, 0.2) is 0 Å². The van der Waals surface area contributed by atoms with E-state index in [0.29, 0.717) is 5.82 Å². The molecular weight excluding hydrogens is 172 g/mol. The first-order chi connectivity index (χ1) is 6.26. The molecule has 0 N–H and O–H groups in total. The summed E-state index contributed by atoms with van der Waals surface area (Å²) < 4.78 is 4.46. The van der Waals surface area contributed by atoms with Gasteiger partial charge in [-0.05, 0) is 11.6 Å². The van der Waals surface area contributed by atoms with Crippen LogP contribution in [0.1, 0.15) is 19.2 Å². The maximum Gasteiger partial charge on any atom is 0.329 e. The van der Waals surface area contributed by atoms with Gasteiger partial charge in [0.15, 0.2) is 12.4 Å². The Bertz CT molecular complexity index is 284. The predicted octanol–water partition coefficient (Wildman–Crippen LogP) is -0.201. The fraction of sp³-hybridized carbons (Fsp3) is 0.714. The molecule has 1 aromatic rings. The molecule has 1 heterocycles. The standard InChI is InChI=1S/C7H12N4O2/c1-3-4-6-8-10-11(9-6)5-7(12)13-2/h3-5H2,1-2H3. The number of carbonyl (C=O) groups is 1. The fourth-order valence-corrected chi connectivity index (χ4v) is 0.847. The van der Waals surface area contributed by atoms with E-state index < -0.39 is 0 Å². The zero-order valence-electron chi connectivity index (χ0n) is 7.73. The summed E-state index contributed by atoms with van der Waals surface area (Å²) in [6.07, 6.45) is 1.74. The number of tetrazole rings is 1. The van der Waals surface area contributed by atoms with Crippen molar-refractivity contribution in [2.75, 3.05) is 7.11 Å². The number of hydrogen-bond donors (Lipinski definition) is 0. The minimum atomic E-state index is -0.375. The summed E-state index contributed by atoms with van der Waals surface area (Å²) in [5.41, 5.74) is 0. The highest BCUT2D eigenvalue weighted by atomic mass is 16.5. The number of hydrogen-bond acceptors (Lipinski definition) is 5. The van der Waals surface area contributed by atoms with Crippen molar-refractivity contribution >= 4 is 5.97 Å². The normalized spacial score (nSPS) is 10.0. The van der Waals surface area contributed by atoms with E-state index in [9.17, 15) is 4.79 Å². The molecule has 1 rings (SSSR count). The number of aryl methyl sites for hydroxylation is 1. The third-order valence-corrected chi connectivity index (χ3v) is 1.47. The number of esters is 1. The van der Waals surface area contributed by atoms with E-state index in [4.69, 9.17) is 0 Å². The quantitative estimate of drug-likeness (QED) is 0.606. The van der Waals surface area contributed by atoms with Crippen LogP contribution < -0.4 is 0 Å². The van der Waals surface area contributed by atoms with E-state index in [1.807, 2.05) is 6.92 Å². The summed E-state index contributed by atoms with van der Waals surface area (Å²) >= 11 is 0. The average Bonchev–Trinajstić information content (AvgIpc) is 2.53. The van der Waals surface area contributed by atoms with Crippen LogP contribution in [0.3, 0.4) is 0 Å². The van der Waals surface area contributed by atoms with Gasteiger partial charge in [0, 0.05) is 6.42 Å². The van der Waals surface area contributed by atoms with Gasteiger partial charge in [-0.1, -0.05) is 6.92 Å². The predicted molar refractivity (Wildman–Crippen MR) is 43.8 cm³/mol. The van der Waals surface area contributed by atoms with Gasteiger partial charge in [0.05, 0.1) is 7.11 Å². The maximum absolute atomic E-state index is 10.8. The summed E-state index contributed by atoms with van der Waals surface area (Å²) in [5, 5.41) is 11.4. The highest BCUT2D eigenvalue weighted by molar-refractivity contribution is 5.68. The number of nitrogens with zero attached hydrogens (tertiary/aromatic N) is 4. The molecule has 0 fully saturated rings. The Balaban J connectivity index is 2.53. The second-order valence-corrected chi connectivity index (χ2v) is 2.56. The van der Waals surface area contributed by atoms with Crippen LogP contribution in [0.2, 0.25) is 0 Å². The van der Waals surface area contributed by atoms with Crippen molar-refractivity contribution in [2.45, 2.75) is 26.3 Å². The van der Waals surface area contributed by atoms with Gasteiger partial charge in [-0.15, -0.1) is 10.2 Å². The molecule has 0 unspecified atom stereocenters. The van der Waals surface area contributed by atoms with Crippen molar-refractivity contribution in [1.29, 1.82) is 0 Å². The molecule has 6 heteroatoms. The molecule has 0 amide bonds. The van der Waals surface area contributed by atoms with Crippen LogP contribution in [0, 0.1) is 0 Å². The molecule has 0 aliphatic carbocycles. The van der Waals surface area contributed by atoms with Crippen molar-refractivity contribution in [1.82, 2.24) is 20.2 Å². The first-order valence-corrected chi connectivity index (χ1v) is 4.09. The minimum Gasteiger partial charge on any atom is -0.468 e. The molecule has 13 heavy (non-hydrogen) atoms. The number of rotatable bonds is 4. The summed E-state index contributed by atoms with van der Waals surface area (Å²) in [6, 6.07) is 0. The lowest BCUT2D eigenvalue weighted by molar-refractivity contribution is -0.141. The van der Waals surface area contributed by atoms with Gasteiger partial charge >= 0.3 is 5.97 Å². The lowest BCUT2D eigenvalue weighted by Crippen LogP contribution is -2.14. The van der Waals surface area contributed by atoms with Crippen LogP contribution in [-0.2, 0) is 22.5 Å². The minimum absolute atomic E-state index is 0.0210. The first kappa shape index (κ1) is 9.63. The Kier molecular flexibility index (Phi) is 3.36. The summed E-state index contributed by atoms with van der Waals surface area (Å²) in [5.74, 6) is 0.284.